The number of aromatic nitrogens is 1. The van der Waals surface area contributed by atoms with Gasteiger partial charge in [-0.25, -0.2) is 4.79 Å². The molecule has 0 spiro atoms. The topological polar surface area (TPSA) is 59.5 Å². The fraction of sp³-hybridized carbons (Fsp3) is 0.560. The Morgan fingerprint density at radius 3 is 2.47 bits per heavy atom. The number of esters is 1. The Morgan fingerprint density at radius 1 is 1.13 bits per heavy atom. The van der Waals surface area contributed by atoms with Crippen LogP contribution in [0.4, 0.5) is 0 Å². The highest BCUT2D eigenvalue weighted by Crippen LogP contribution is 2.32. The molecule has 0 saturated heterocycles. The molecule has 0 N–H and O–H groups in total. The largest absolute Gasteiger partial charge is 0.452 e. The van der Waals surface area contributed by atoms with Gasteiger partial charge in [0.1, 0.15) is 0 Å². The molecule has 5 heteroatoms. The molecule has 0 radical (unpaired) electrons. The predicted octanol–water partition coefficient (Wildman–Crippen LogP) is 4.66. The smallest absolute Gasteiger partial charge is 0.339 e. The summed E-state index contributed by atoms with van der Waals surface area (Å²) in [6.07, 6.45) is 2.76. The van der Waals surface area contributed by atoms with E-state index in [0.29, 0.717) is 36.4 Å². The van der Waals surface area contributed by atoms with Crippen LogP contribution in [-0.4, -0.2) is 41.5 Å². The molecular formula is C25H34N2O3. The van der Waals surface area contributed by atoms with Crippen molar-refractivity contribution < 1.29 is 14.3 Å². The van der Waals surface area contributed by atoms with Crippen LogP contribution >= 0.6 is 0 Å². The molecule has 5 nitrogen and oxygen atoms in total. The molecule has 1 atom stereocenters. The van der Waals surface area contributed by atoms with Crippen molar-refractivity contribution in [2.24, 2.45) is 17.8 Å². The highest BCUT2D eigenvalue weighted by Gasteiger charge is 2.27. The maximum Gasteiger partial charge on any atom is 0.339 e. The highest BCUT2D eigenvalue weighted by molar-refractivity contribution is 6.05. The Morgan fingerprint density at radius 2 is 1.80 bits per heavy atom. The second kappa shape index (κ2) is 9.59. The summed E-state index contributed by atoms with van der Waals surface area (Å²) in [6, 6.07) is 7.70. The number of pyridine rings is 1. The number of aryl methyl sites for hydroxylation is 1. The number of amides is 1. The van der Waals surface area contributed by atoms with Crippen LogP contribution in [0, 0.1) is 17.8 Å². The van der Waals surface area contributed by atoms with Crippen LogP contribution in [0.2, 0.25) is 0 Å². The van der Waals surface area contributed by atoms with Crippen LogP contribution in [0.25, 0.3) is 10.9 Å². The molecule has 1 aromatic heterocycles. The predicted molar refractivity (Wildman–Crippen MR) is 119 cm³/mol. The molecule has 1 amide bonds. The average Bonchev–Trinajstić information content (AvgIpc) is 2.68. The number of carbonyl (C=O) groups is 2. The maximum atomic E-state index is 13.2. The van der Waals surface area contributed by atoms with Crippen molar-refractivity contribution in [3.05, 3.63) is 41.1 Å². The minimum atomic E-state index is -0.415. The van der Waals surface area contributed by atoms with Crippen molar-refractivity contribution in [2.75, 3.05) is 19.7 Å². The van der Waals surface area contributed by atoms with Crippen molar-refractivity contribution in [2.45, 2.75) is 53.9 Å². The van der Waals surface area contributed by atoms with Gasteiger partial charge in [0.15, 0.2) is 6.61 Å². The first-order valence-corrected chi connectivity index (χ1v) is 11.1. The summed E-state index contributed by atoms with van der Waals surface area (Å²) < 4.78 is 5.59. The fourth-order valence-electron chi connectivity index (χ4n) is 4.25. The third-order valence-corrected chi connectivity index (χ3v) is 5.56. The molecule has 1 aliphatic carbocycles. The van der Waals surface area contributed by atoms with E-state index in [1.807, 2.05) is 29.2 Å². The van der Waals surface area contributed by atoms with Crippen molar-refractivity contribution in [3.8, 4) is 0 Å². The number of para-hydroxylation sites is 1. The van der Waals surface area contributed by atoms with E-state index < -0.39 is 5.97 Å². The SMILES string of the molecule is CC(C)CN(CC(C)C)C(=O)COC(=O)c1c2c(nc3ccccc13)CC[C@@H](C)C2. The molecule has 2 aromatic rings. The van der Waals surface area contributed by atoms with E-state index in [0.717, 1.165) is 41.4 Å². The van der Waals surface area contributed by atoms with Gasteiger partial charge in [0, 0.05) is 24.2 Å². The van der Waals surface area contributed by atoms with Crippen molar-refractivity contribution in [1.82, 2.24) is 9.88 Å². The van der Waals surface area contributed by atoms with Gasteiger partial charge in [-0.1, -0.05) is 52.8 Å². The number of carbonyl (C=O) groups excluding carboxylic acids is 2. The lowest BCUT2D eigenvalue weighted by atomic mass is 9.84. The summed E-state index contributed by atoms with van der Waals surface area (Å²) >= 11 is 0. The summed E-state index contributed by atoms with van der Waals surface area (Å²) in [6.45, 7) is 11.7. The fourth-order valence-corrected chi connectivity index (χ4v) is 4.25. The molecule has 3 rings (SSSR count). The molecule has 0 fully saturated rings. The van der Waals surface area contributed by atoms with E-state index in [2.05, 4.69) is 34.6 Å². The van der Waals surface area contributed by atoms with Gasteiger partial charge in [-0.2, -0.15) is 0 Å². The number of benzene rings is 1. The van der Waals surface area contributed by atoms with Crippen LogP contribution < -0.4 is 0 Å². The minimum Gasteiger partial charge on any atom is -0.452 e. The standard InChI is InChI=1S/C25H34N2O3/c1-16(2)13-27(14-17(3)4)23(28)15-30-25(29)24-19-8-6-7-9-21(19)26-22-11-10-18(5)12-20(22)24/h6-9,16-18H,10-15H2,1-5H3/t18-/m1/s1. The van der Waals surface area contributed by atoms with Gasteiger partial charge in [-0.15, -0.1) is 0 Å². The lowest BCUT2D eigenvalue weighted by Gasteiger charge is -2.27. The van der Waals surface area contributed by atoms with Gasteiger partial charge >= 0.3 is 5.97 Å². The zero-order valence-electron chi connectivity index (χ0n) is 18.9. The molecule has 162 valence electrons. The maximum absolute atomic E-state index is 13.2. The van der Waals surface area contributed by atoms with E-state index in [1.54, 1.807) is 0 Å². The summed E-state index contributed by atoms with van der Waals surface area (Å²) in [5.74, 6) is 0.677. The van der Waals surface area contributed by atoms with Gasteiger partial charge in [0.2, 0.25) is 0 Å². The first kappa shape index (κ1) is 22.3. The summed E-state index contributed by atoms with van der Waals surface area (Å²) in [7, 11) is 0. The van der Waals surface area contributed by atoms with Crippen molar-refractivity contribution >= 4 is 22.8 Å². The van der Waals surface area contributed by atoms with E-state index in [-0.39, 0.29) is 12.5 Å². The zero-order valence-corrected chi connectivity index (χ0v) is 18.9. The normalized spacial score (nSPS) is 16.0. The Kier molecular flexibility index (Phi) is 7.11. The van der Waals surface area contributed by atoms with Crippen LogP contribution in [0.15, 0.2) is 24.3 Å². The van der Waals surface area contributed by atoms with Gasteiger partial charge in [0.05, 0.1) is 11.1 Å². The molecular weight excluding hydrogens is 376 g/mol. The van der Waals surface area contributed by atoms with E-state index in [4.69, 9.17) is 9.72 Å². The van der Waals surface area contributed by atoms with Gasteiger partial charge in [0.25, 0.3) is 5.91 Å². The Hall–Kier alpha value is -2.43. The lowest BCUT2D eigenvalue weighted by Crippen LogP contribution is -2.39. The Labute approximate surface area is 179 Å². The summed E-state index contributed by atoms with van der Waals surface area (Å²) in [4.78, 5) is 32.6. The number of nitrogens with zero attached hydrogens (tertiary/aromatic N) is 2. The molecule has 1 heterocycles. The van der Waals surface area contributed by atoms with Crippen molar-refractivity contribution in [1.29, 1.82) is 0 Å². The summed E-state index contributed by atoms with van der Waals surface area (Å²) in [5, 5.41) is 0.809. The molecule has 0 bridgehead atoms. The number of fused-ring (bicyclic) bond motifs is 2. The number of rotatable bonds is 7. The number of hydrogen-bond donors (Lipinski definition) is 0. The monoisotopic (exact) mass is 410 g/mol. The van der Waals surface area contributed by atoms with Gasteiger partial charge in [-0.3, -0.25) is 9.78 Å². The quantitative estimate of drug-likeness (QED) is 0.623. The van der Waals surface area contributed by atoms with E-state index in [1.165, 1.54) is 0 Å². The second-order valence-electron chi connectivity index (χ2n) is 9.44. The Balaban J connectivity index is 1.84. The first-order chi connectivity index (χ1) is 14.3. The molecule has 30 heavy (non-hydrogen) atoms. The second-order valence-corrected chi connectivity index (χ2v) is 9.44. The minimum absolute atomic E-state index is 0.133. The first-order valence-electron chi connectivity index (χ1n) is 11.1. The van der Waals surface area contributed by atoms with E-state index >= 15 is 0 Å². The van der Waals surface area contributed by atoms with Crippen LogP contribution in [0.5, 0.6) is 0 Å². The molecule has 0 saturated carbocycles. The lowest BCUT2D eigenvalue weighted by molar-refractivity contribution is -0.135. The average molecular weight is 411 g/mol. The Bertz CT molecular complexity index is 910. The highest BCUT2D eigenvalue weighted by atomic mass is 16.5. The van der Waals surface area contributed by atoms with Crippen molar-refractivity contribution in [3.63, 3.8) is 0 Å². The molecule has 0 unspecified atom stereocenters. The third kappa shape index (κ3) is 5.18. The van der Waals surface area contributed by atoms with Gasteiger partial charge in [-0.05, 0) is 48.6 Å². The van der Waals surface area contributed by atoms with Crippen LogP contribution in [0.1, 0.15) is 62.7 Å². The molecule has 0 aliphatic heterocycles. The molecule has 1 aromatic carbocycles. The van der Waals surface area contributed by atoms with Crippen LogP contribution in [0.3, 0.4) is 0 Å². The number of ether oxygens (including phenoxy) is 1. The van der Waals surface area contributed by atoms with E-state index in [9.17, 15) is 9.59 Å². The third-order valence-electron chi connectivity index (χ3n) is 5.56. The summed E-state index contributed by atoms with van der Waals surface area (Å²) in [5.41, 5.74) is 3.39. The zero-order chi connectivity index (χ0) is 21.8. The number of hydrogen-bond acceptors (Lipinski definition) is 4. The van der Waals surface area contributed by atoms with Gasteiger partial charge < -0.3 is 9.64 Å². The van der Waals surface area contributed by atoms with Crippen LogP contribution in [-0.2, 0) is 22.4 Å². The molecule has 1 aliphatic rings.